The minimum atomic E-state index is -0.524. The Bertz CT molecular complexity index is 462. The SMILES string of the molecule is O=C(c1ccc2c(c1)OCCO2)C1(CO)CC1. The standard InChI is InChI=1S/C13H14O4/c14-8-13(3-4-13)12(15)9-1-2-10-11(7-9)17-6-5-16-10/h1-2,7,14H,3-6,8H2. The molecule has 0 saturated heterocycles. The van der Waals surface area contributed by atoms with E-state index in [1.807, 2.05) is 0 Å². The van der Waals surface area contributed by atoms with Crippen molar-refractivity contribution in [3.05, 3.63) is 23.8 Å². The second-order valence-electron chi connectivity index (χ2n) is 4.63. The van der Waals surface area contributed by atoms with Crippen LogP contribution < -0.4 is 9.47 Å². The molecule has 1 aromatic rings. The van der Waals surface area contributed by atoms with Crippen LogP contribution >= 0.6 is 0 Å². The van der Waals surface area contributed by atoms with E-state index < -0.39 is 5.41 Å². The first-order valence-corrected chi connectivity index (χ1v) is 5.80. The van der Waals surface area contributed by atoms with Gasteiger partial charge in [0.15, 0.2) is 17.3 Å². The van der Waals surface area contributed by atoms with Crippen LogP contribution in [0.15, 0.2) is 18.2 Å². The molecule has 4 nitrogen and oxygen atoms in total. The van der Waals surface area contributed by atoms with Crippen molar-refractivity contribution in [3.63, 3.8) is 0 Å². The number of aliphatic hydroxyl groups excluding tert-OH is 1. The molecule has 3 rings (SSSR count). The van der Waals surface area contributed by atoms with Gasteiger partial charge in [0.1, 0.15) is 13.2 Å². The molecule has 0 bridgehead atoms. The molecule has 2 aliphatic rings. The summed E-state index contributed by atoms with van der Waals surface area (Å²) < 4.78 is 10.8. The van der Waals surface area contributed by atoms with E-state index in [0.29, 0.717) is 30.3 Å². The van der Waals surface area contributed by atoms with Gasteiger partial charge in [-0.25, -0.2) is 0 Å². The van der Waals surface area contributed by atoms with Gasteiger partial charge in [-0.15, -0.1) is 0 Å². The van der Waals surface area contributed by atoms with Gasteiger partial charge in [0.2, 0.25) is 0 Å². The van der Waals surface area contributed by atoms with E-state index in [1.54, 1.807) is 18.2 Å². The number of carbonyl (C=O) groups excluding carboxylic acids is 1. The van der Waals surface area contributed by atoms with Gasteiger partial charge >= 0.3 is 0 Å². The Hall–Kier alpha value is -1.55. The normalized spacial score (nSPS) is 19.8. The van der Waals surface area contributed by atoms with Crippen LogP contribution in [0.1, 0.15) is 23.2 Å². The zero-order valence-corrected chi connectivity index (χ0v) is 9.44. The summed E-state index contributed by atoms with van der Waals surface area (Å²) in [7, 11) is 0. The van der Waals surface area contributed by atoms with E-state index in [9.17, 15) is 9.90 Å². The summed E-state index contributed by atoms with van der Waals surface area (Å²) >= 11 is 0. The molecule has 1 saturated carbocycles. The van der Waals surface area contributed by atoms with Crippen molar-refractivity contribution in [2.75, 3.05) is 19.8 Å². The molecular formula is C13H14O4. The Kier molecular flexibility index (Phi) is 2.33. The predicted molar refractivity (Wildman–Crippen MR) is 60.5 cm³/mol. The molecule has 4 heteroatoms. The Balaban J connectivity index is 1.91. The zero-order valence-electron chi connectivity index (χ0n) is 9.44. The summed E-state index contributed by atoms with van der Waals surface area (Å²) in [5, 5.41) is 9.25. The number of fused-ring (bicyclic) bond motifs is 1. The van der Waals surface area contributed by atoms with E-state index in [-0.39, 0.29) is 12.4 Å². The van der Waals surface area contributed by atoms with Gasteiger partial charge in [-0.3, -0.25) is 4.79 Å². The molecule has 0 atom stereocenters. The molecule has 0 spiro atoms. The highest BCUT2D eigenvalue weighted by Crippen LogP contribution is 2.48. The first kappa shape index (κ1) is 10.6. The van der Waals surface area contributed by atoms with Crippen molar-refractivity contribution in [1.82, 2.24) is 0 Å². The minimum Gasteiger partial charge on any atom is -0.486 e. The quantitative estimate of drug-likeness (QED) is 0.803. The van der Waals surface area contributed by atoms with E-state index in [4.69, 9.17) is 9.47 Å². The third-order valence-corrected chi connectivity index (χ3v) is 3.44. The number of ether oxygens (including phenoxy) is 2. The summed E-state index contributed by atoms with van der Waals surface area (Å²) in [5.41, 5.74) is 0.0739. The highest BCUT2D eigenvalue weighted by Gasteiger charge is 2.49. The number of Topliss-reactive ketones (excluding diaryl/α,β-unsaturated/α-hetero) is 1. The number of hydrogen-bond acceptors (Lipinski definition) is 4. The lowest BCUT2D eigenvalue weighted by Gasteiger charge is -2.19. The molecular weight excluding hydrogens is 220 g/mol. The van der Waals surface area contributed by atoms with Crippen LogP contribution in [0.25, 0.3) is 0 Å². The van der Waals surface area contributed by atoms with Gasteiger partial charge in [0, 0.05) is 5.56 Å². The van der Waals surface area contributed by atoms with Crippen LogP contribution in [0, 0.1) is 5.41 Å². The average Bonchev–Trinajstić information content (AvgIpc) is 3.18. The first-order valence-electron chi connectivity index (χ1n) is 5.80. The van der Waals surface area contributed by atoms with E-state index in [1.165, 1.54) is 0 Å². The lowest BCUT2D eigenvalue weighted by molar-refractivity contribution is 0.0828. The Labute approximate surface area is 99.2 Å². The van der Waals surface area contributed by atoms with Crippen LogP contribution in [-0.4, -0.2) is 30.7 Å². The second-order valence-corrected chi connectivity index (χ2v) is 4.63. The first-order chi connectivity index (χ1) is 8.25. The Morgan fingerprint density at radius 3 is 2.59 bits per heavy atom. The molecule has 1 aliphatic carbocycles. The van der Waals surface area contributed by atoms with Crippen molar-refractivity contribution in [1.29, 1.82) is 0 Å². The summed E-state index contributed by atoms with van der Waals surface area (Å²) in [4.78, 5) is 12.2. The maximum Gasteiger partial charge on any atom is 0.171 e. The van der Waals surface area contributed by atoms with Crippen molar-refractivity contribution in [2.45, 2.75) is 12.8 Å². The average molecular weight is 234 g/mol. The Morgan fingerprint density at radius 1 is 1.24 bits per heavy atom. The minimum absolute atomic E-state index is 0.0111. The van der Waals surface area contributed by atoms with Gasteiger partial charge < -0.3 is 14.6 Å². The largest absolute Gasteiger partial charge is 0.486 e. The van der Waals surface area contributed by atoms with Crippen molar-refractivity contribution < 1.29 is 19.4 Å². The van der Waals surface area contributed by atoms with Gasteiger partial charge in [0.25, 0.3) is 0 Å². The van der Waals surface area contributed by atoms with Crippen LogP contribution in [0.2, 0.25) is 0 Å². The van der Waals surface area contributed by atoms with E-state index in [0.717, 1.165) is 12.8 Å². The molecule has 1 aliphatic heterocycles. The summed E-state index contributed by atoms with van der Waals surface area (Å²) in [6.45, 7) is 0.983. The van der Waals surface area contributed by atoms with Crippen LogP contribution in [0.4, 0.5) is 0 Å². The molecule has 1 N–H and O–H groups in total. The number of rotatable bonds is 3. The molecule has 1 fully saturated rings. The van der Waals surface area contributed by atoms with Crippen molar-refractivity contribution in [3.8, 4) is 11.5 Å². The monoisotopic (exact) mass is 234 g/mol. The fraction of sp³-hybridized carbons (Fsp3) is 0.462. The smallest absolute Gasteiger partial charge is 0.171 e. The fourth-order valence-corrected chi connectivity index (χ4v) is 2.10. The molecule has 17 heavy (non-hydrogen) atoms. The third kappa shape index (κ3) is 1.69. The van der Waals surface area contributed by atoms with Crippen LogP contribution in [0.5, 0.6) is 11.5 Å². The molecule has 90 valence electrons. The lowest BCUT2D eigenvalue weighted by Crippen LogP contribution is -2.21. The molecule has 0 aromatic heterocycles. The number of ketones is 1. The van der Waals surface area contributed by atoms with E-state index >= 15 is 0 Å². The number of aliphatic hydroxyl groups is 1. The second kappa shape index (κ2) is 3.74. The molecule has 1 heterocycles. The number of hydrogen-bond donors (Lipinski definition) is 1. The summed E-state index contributed by atoms with van der Waals surface area (Å²) in [5.74, 6) is 1.31. The van der Waals surface area contributed by atoms with Gasteiger partial charge in [-0.2, -0.15) is 0 Å². The van der Waals surface area contributed by atoms with E-state index in [2.05, 4.69) is 0 Å². The van der Waals surface area contributed by atoms with Crippen molar-refractivity contribution in [2.24, 2.45) is 5.41 Å². The molecule has 1 aromatic carbocycles. The molecule has 0 unspecified atom stereocenters. The van der Waals surface area contributed by atoms with Crippen molar-refractivity contribution >= 4 is 5.78 Å². The highest BCUT2D eigenvalue weighted by atomic mass is 16.6. The van der Waals surface area contributed by atoms with Crippen LogP contribution in [-0.2, 0) is 0 Å². The topological polar surface area (TPSA) is 55.8 Å². The Morgan fingerprint density at radius 2 is 1.94 bits per heavy atom. The maximum atomic E-state index is 12.2. The highest BCUT2D eigenvalue weighted by molar-refractivity contribution is 6.02. The summed E-state index contributed by atoms with van der Waals surface area (Å²) in [6, 6.07) is 5.22. The zero-order chi connectivity index (χ0) is 11.9. The van der Waals surface area contributed by atoms with Gasteiger partial charge in [-0.1, -0.05) is 0 Å². The van der Waals surface area contributed by atoms with Crippen LogP contribution in [0.3, 0.4) is 0 Å². The van der Waals surface area contributed by atoms with Gasteiger partial charge in [-0.05, 0) is 31.0 Å². The molecule has 0 amide bonds. The molecule has 0 radical (unpaired) electrons. The third-order valence-electron chi connectivity index (χ3n) is 3.44. The fourth-order valence-electron chi connectivity index (χ4n) is 2.10. The number of benzene rings is 1. The lowest BCUT2D eigenvalue weighted by atomic mass is 9.95. The summed E-state index contributed by atoms with van der Waals surface area (Å²) in [6.07, 6.45) is 1.55. The number of carbonyl (C=O) groups is 1. The predicted octanol–water partition coefficient (Wildman–Crippen LogP) is 1.41. The maximum absolute atomic E-state index is 12.2. The van der Waals surface area contributed by atoms with Gasteiger partial charge in [0.05, 0.1) is 12.0 Å².